The highest BCUT2D eigenvalue weighted by Gasteiger charge is 2.06. The fourth-order valence-electron chi connectivity index (χ4n) is 2.18. The topological polar surface area (TPSA) is 56.8 Å². The van der Waals surface area contributed by atoms with E-state index in [4.69, 9.17) is 14.2 Å². The van der Waals surface area contributed by atoms with E-state index in [2.05, 4.69) is 5.32 Å². The molecule has 0 fully saturated rings. The van der Waals surface area contributed by atoms with Gasteiger partial charge in [0, 0.05) is 12.8 Å². The Morgan fingerprint density at radius 1 is 1.00 bits per heavy atom. The van der Waals surface area contributed by atoms with Crippen LogP contribution in [0, 0.1) is 13.8 Å². The Labute approximate surface area is 142 Å². The molecule has 0 aliphatic carbocycles. The predicted molar refractivity (Wildman–Crippen MR) is 93.9 cm³/mol. The van der Waals surface area contributed by atoms with Gasteiger partial charge < -0.3 is 19.5 Å². The molecule has 1 amide bonds. The normalized spacial score (nSPS) is 10.3. The molecule has 0 aromatic heterocycles. The number of hydrogen-bond acceptors (Lipinski definition) is 4. The average Bonchev–Trinajstić information content (AvgIpc) is 2.56. The van der Waals surface area contributed by atoms with Gasteiger partial charge in [-0.05, 0) is 49.7 Å². The Balaban J connectivity index is 1.81. The maximum atomic E-state index is 12.0. The third-order valence-corrected chi connectivity index (χ3v) is 3.38. The molecule has 0 heterocycles. The smallest absolute Gasteiger partial charge is 0.262 e. The van der Waals surface area contributed by atoms with Crippen molar-refractivity contribution >= 4 is 11.6 Å². The maximum absolute atomic E-state index is 12.0. The third-order valence-electron chi connectivity index (χ3n) is 3.38. The molecule has 2 aromatic rings. The van der Waals surface area contributed by atoms with Crippen LogP contribution in [0.5, 0.6) is 11.5 Å². The van der Waals surface area contributed by atoms with Crippen LogP contribution >= 0.6 is 0 Å². The van der Waals surface area contributed by atoms with Crippen molar-refractivity contribution in [3.8, 4) is 11.5 Å². The van der Waals surface area contributed by atoms with Crippen molar-refractivity contribution in [2.24, 2.45) is 0 Å². The molecule has 0 aliphatic heterocycles. The van der Waals surface area contributed by atoms with Gasteiger partial charge in [0.25, 0.3) is 5.91 Å². The van der Waals surface area contributed by atoms with Gasteiger partial charge in [-0.15, -0.1) is 0 Å². The lowest BCUT2D eigenvalue weighted by Crippen LogP contribution is -2.20. The van der Waals surface area contributed by atoms with Gasteiger partial charge in [-0.25, -0.2) is 0 Å². The Morgan fingerprint density at radius 2 is 1.75 bits per heavy atom. The van der Waals surface area contributed by atoms with Gasteiger partial charge in [0.2, 0.25) is 0 Å². The second-order valence-corrected chi connectivity index (χ2v) is 5.47. The minimum Gasteiger partial charge on any atom is -0.491 e. The van der Waals surface area contributed by atoms with Gasteiger partial charge in [0.1, 0.15) is 18.1 Å². The number of aryl methyl sites for hydroxylation is 2. The molecule has 0 bridgehead atoms. The highest BCUT2D eigenvalue weighted by Crippen LogP contribution is 2.19. The molecule has 5 heteroatoms. The highest BCUT2D eigenvalue weighted by atomic mass is 16.5. The first-order chi connectivity index (χ1) is 11.6. The van der Waals surface area contributed by atoms with Gasteiger partial charge in [0.05, 0.1) is 6.61 Å². The molecule has 24 heavy (non-hydrogen) atoms. The van der Waals surface area contributed by atoms with Crippen molar-refractivity contribution in [3.63, 3.8) is 0 Å². The minimum absolute atomic E-state index is 0.0318. The van der Waals surface area contributed by atoms with Crippen molar-refractivity contribution in [2.45, 2.75) is 13.8 Å². The summed E-state index contributed by atoms with van der Waals surface area (Å²) in [4.78, 5) is 12.0. The highest BCUT2D eigenvalue weighted by molar-refractivity contribution is 5.91. The molecule has 0 radical (unpaired) electrons. The van der Waals surface area contributed by atoms with Gasteiger partial charge >= 0.3 is 0 Å². The summed E-state index contributed by atoms with van der Waals surface area (Å²) in [5, 5.41) is 2.79. The van der Waals surface area contributed by atoms with Gasteiger partial charge in [-0.2, -0.15) is 0 Å². The summed E-state index contributed by atoms with van der Waals surface area (Å²) in [5.41, 5.74) is 2.88. The van der Waals surface area contributed by atoms with Crippen LogP contribution in [0.3, 0.4) is 0 Å². The van der Waals surface area contributed by atoms with E-state index in [1.807, 2.05) is 32.0 Å². The molecule has 5 nitrogen and oxygen atoms in total. The van der Waals surface area contributed by atoms with Crippen LogP contribution in [-0.2, 0) is 9.53 Å². The van der Waals surface area contributed by atoms with Crippen LogP contribution in [0.4, 0.5) is 5.69 Å². The Hall–Kier alpha value is -2.53. The quantitative estimate of drug-likeness (QED) is 0.755. The van der Waals surface area contributed by atoms with E-state index in [1.54, 1.807) is 31.4 Å². The predicted octanol–water partition coefficient (Wildman–Crippen LogP) is 3.35. The molecular formula is C19H23NO4. The van der Waals surface area contributed by atoms with E-state index >= 15 is 0 Å². The van der Waals surface area contributed by atoms with Crippen LogP contribution in [0.25, 0.3) is 0 Å². The fourth-order valence-corrected chi connectivity index (χ4v) is 2.18. The van der Waals surface area contributed by atoms with E-state index < -0.39 is 0 Å². The SMILES string of the molecule is COCCOc1ccc(NC(=O)COc2ccc(C)cc2C)cc1. The number of anilines is 1. The van der Waals surface area contributed by atoms with Crippen LogP contribution in [-0.4, -0.2) is 32.8 Å². The first kappa shape index (κ1) is 17.8. The molecule has 0 atom stereocenters. The molecule has 0 saturated heterocycles. The number of methoxy groups -OCH3 is 1. The number of nitrogens with one attached hydrogen (secondary N) is 1. The number of amides is 1. The first-order valence-electron chi connectivity index (χ1n) is 7.80. The summed E-state index contributed by atoms with van der Waals surface area (Å²) in [6.45, 7) is 4.98. The van der Waals surface area contributed by atoms with Crippen molar-refractivity contribution in [1.82, 2.24) is 0 Å². The Kier molecular flexibility index (Phi) is 6.63. The largest absolute Gasteiger partial charge is 0.491 e. The van der Waals surface area contributed by atoms with Crippen molar-refractivity contribution < 1.29 is 19.0 Å². The number of benzene rings is 2. The summed E-state index contributed by atoms with van der Waals surface area (Å²) >= 11 is 0. The van der Waals surface area contributed by atoms with Crippen LogP contribution < -0.4 is 14.8 Å². The lowest BCUT2D eigenvalue weighted by Gasteiger charge is -2.11. The molecule has 2 rings (SSSR count). The summed E-state index contributed by atoms with van der Waals surface area (Å²) in [6.07, 6.45) is 0. The van der Waals surface area contributed by atoms with Gasteiger partial charge in [-0.3, -0.25) is 4.79 Å². The monoisotopic (exact) mass is 329 g/mol. The lowest BCUT2D eigenvalue weighted by atomic mass is 10.1. The molecular weight excluding hydrogens is 306 g/mol. The zero-order valence-corrected chi connectivity index (χ0v) is 14.3. The first-order valence-corrected chi connectivity index (χ1v) is 7.80. The second kappa shape index (κ2) is 8.93. The molecule has 0 aliphatic rings. The fraction of sp³-hybridized carbons (Fsp3) is 0.316. The third kappa shape index (κ3) is 5.59. The second-order valence-electron chi connectivity index (χ2n) is 5.47. The number of rotatable bonds is 8. The summed E-state index contributed by atoms with van der Waals surface area (Å²) < 4.78 is 16.0. The Bertz CT molecular complexity index is 668. The zero-order valence-electron chi connectivity index (χ0n) is 14.3. The molecule has 2 aromatic carbocycles. The van der Waals surface area contributed by atoms with Crippen molar-refractivity contribution in [2.75, 3.05) is 32.2 Å². The van der Waals surface area contributed by atoms with E-state index in [-0.39, 0.29) is 12.5 Å². The number of hydrogen-bond donors (Lipinski definition) is 1. The standard InChI is InChI=1S/C19H23NO4/c1-14-4-9-18(15(2)12-14)24-13-19(21)20-16-5-7-17(8-6-16)23-11-10-22-3/h4-9,12H,10-11,13H2,1-3H3,(H,20,21). The summed E-state index contributed by atoms with van der Waals surface area (Å²) in [6, 6.07) is 13.0. The molecule has 1 N–H and O–H groups in total. The van der Waals surface area contributed by atoms with Gasteiger partial charge in [-0.1, -0.05) is 17.7 Å². The molecule has 0 saturated carbocycles. The van der Waals surface area contributed by atoms with Crippen LogP contribution in [0.15, 0.2) is 42.5 Å². The minimum atomic E-state index is -0.206. The van der Waals surface area contributed by atoms with E-state index in [0.717, 1.165) is 22.6 Å². The van der Waals surface area contributed by atoms with E-state index in [0.29, 0.717) is 18.9 Å². The summed E-state index contributed by atoms with van der Waals surface area (Å²) in [7, 11) is 1.63. The molecule has 0 spiro atoms. The van der Waals surface area contributed by atoms with Gasteiger partial charge in [0.15, 0.2) is 6.61 Å². The average molecular weight is 329 g/mol. The van der Waals surface area contributed by atoms with Crippen LogP contribution in [0.1, 0.15) is 11.1 Å². The van der Waals surface area contributed by atoms with Crippen molar-refractivity contribution in [1.29, 1.82) is 0 Å². The maximum Gasteiger partial charge on any atom is 0.262 e. The van der Waals surface area contributed by atoms with E-state index in [1.165, 1.54) is 0 Å². The van der Waals surface area contributed by atoms with Crippen LogP contribution in [0.2, 0.25) is 0 Å². The number of carbonyl (C=O) groups excluding carboxylic acids is 1. The molecule has 128 valence electrons. The summed E-state index contributed by atoms with van der Waals surface area (Å²) in [5.74, 6) is 1.25. The zero-order chi connectivity index (χ0) is 17.4. The number of carbonyl (C=O) groups is 1. The molecule has 0 unspecified atom stereocenters. The lowest BCUT2D eigenvalue weighted by molar-refractivity contribution is -0.118. The van der Waals surface area contributed by atoms with Crippen molar-refractivity contribution in [3.05, 3.63) is 53.6 Å². The Morgan fingerprint density at radius 3 is 2.42 bits per heavy atom. The number of ether oxygens (including phenoxy) is 3. The van der Waals surface area contributed by atoms with E-state index in [9.17, 15) is 4.79 Å².